The van der Waals surface area contributed by atoms with Crippen LogP contribution in [0.5, 0.6) is 0 Å². The SMILES string of the molecule is Cc1ccc(S(=O)(=O)N2CCC(C(=O)NC3CC4CCC3(C)C4(C)C)CC2)c(C)c1. The van der Waals surface area contributed by atoms with Gasteiger partial charge in [-0.15, -0.1) is 0 Å². The Labute approximate surface area is 181 Å². The highest BCUT2D eigenvalue weighted by molar-refractivity contribution is 7.89. The monoisotopic (exact) mass is 432 g/mol. The number of nitrogens with one attached hydrogen (secondary N) is 1. The molecule has 1 saturated heterocycles. The lowest BCUT2D eigenvalue weighted by atomic mass is 9.69. The summed E-state index contributed by atoms with van der Waals surface area (Å²) in [5.41, 5.74) is 2.27. The van der Waals surface area contributed by atoms with Crippen LogP contribution in [0.4, 0.5) is 0 Å². The van der Waals surface area contributed by atoms with Gasteiger partial charge in [0.1, 0.15) is 0 Å². The second kappa shape index (κ2) is 7.33. The van der Waals surface area contributed by atoms with Crippen LogP contribution in [-0.4, -0.2) is 37.8 Å². The Morgan fingerprint density at radius 1 is 1.10 bits per heavy atom. The van der Waals surface area contributed by atoms with E-state index in [-0.39, 0.29) is 28.7 Å². The third-order valence-electron chi connectivity index (χ3n) is 8.88. The average molecular weight is 433 g/mol. The maximum atomic E-state index is 13.1. The molecule has 3 atom stereocenters. The van der Waals surface area contributed by atoms with Crippen LogP contribution in [-0.2, 0) is 14.8 Å². The van der Waals surface area contributed by atoms with Gasteiger partial charge in [0.25, 0.3) is 0 Å². The molecule has 0 spiro atoms. The fourth-order valence-corrected chi connectivity index (χ4v) is 7.97. The first-order chi connectivity index (χ1) is 14.0. The number of piperidine rings is 1. The first-order valence-electron chi connectivity index (χ1n) is 11.3. The van der Waals surface area contributed by atoms with E-state index in [9.17, 15) is 13.2 Å². The van der Waals surface area contributed by atoms with Crippen LogP contribution in [0.1, 0.15) is 64.0 Å². The van der Waals surface area contributed by atoms with Crippen molar-refractivity contribution in [1.29, 1.82) is 0 Å². The number of sulfonamides is 1. The molecule has 3 aliphatic rings. The molecule has 6 heteroatoms. The number of carbonyl (C=O) groups excluding carboxylic acids is 1. The van der Waals surface area contributed by atoms with Gasteiger partial charge in [-0.3, -0.25) is 4.79 Å². The average Bonchev–Trinajstić information content (AvgIpc) is 3.01. The molecule has 1 amide bonds. The molecule has 2 bridgehead atoms. The number of amides is 1. The van der Waals surface area contributed by atoms with Gasteiger partial charge in [0.15, 0.2) is 0 Å². The molecule has 3 fully saturated rings. The van der Waals surface area contributed by atoms with Crippen molar-refractivity contribution in [1.82, 2.24) is 9.62 Å². The Morgan fingerprint density at radius 2 is 1.77 bits per heavy atom. The summed E-state index contributed by atoms with van der Waals surface area (Å²) >= 11 is 0. The lowest BCUT2D eigenvalue weighted by Gasteiger charge is -2.40. The number of rotatable bonds is 4. The summed E-state index contributed by atoms with van der Waals surface area (Å²) in [5.74, 6) is 0.715. The maximum Gasteiger partial charge on any atom is 0.243 e. The van der Waals surface area contributed by atoms with E-state index >= 15 is 0 Å². The first-order valence-corrected chi connectivity index (χ1v) is 12.8. The van der Waals surface area contributed by atoms with E-state index in [1.807, 2.05) is 26.0 Å². The number of hydrogen-bond acceptors (Lipinski definition) is 3. The van der Waals surface area contributed by atoms with Crippen molar-refractivity contribution >= 4 is 15.9 Å². The Bertz CT molecular complexity index is 947. The normalized spacial score (nSPS) is 31.8. The van der Waals surface area contributed by atoms with Crippen molar-refractivity contribution in [3.63, 3.8) is 0 Å². The third kappa shape index (κ3) is 3.31. The Kier molecular flexibility index (Phi) is 5.33. The third-order valence-corrected chi connectivity index (χ3v) is 10.9. The molecule has 1 heterocycles. The highest BCUT2D eigenvalue weighted by Gasteiger charge is 2.61. The molecule has 1 aromatic carbocycles. The quantitative estimate of drug-likeness (QED) is 0.781. The van der Waals surface area contributed by atoms with Crippen LogP contribution < -0.4 is 5.32 Å². The largest absolute Gasteiger partial charge is 0.353 e. The lowest BCUT2D eigenvalue weighted by Crippen LogP contribution is -2.50. The molecule has 30 heavy (non-hydrogen) atoms. The van der Waals surface area contributed by atoms with Gasteiger partial charge in [-0.05, 0) is 74.3 Å². The highest BCUT2D eigenvalue weighted by Crippen LogP contribution is 2.65. The summed E-state index contributed by atoms with van der Waals surface area (Å²) in [7, 11) is -3.51. The van der Waals surface area contributed by atoms with E-state index in [4.69, 9.17) is 0 Å². The number of nitrogens with zero attached hydrogens (tertiary/aromatic N) is 1. The van der Waals surface area contributed by atoms with Crippen molar-refractivity contribution in [2.75, 3.05) is 13.1 Å². The molecule has 1 aliphatic heterocycles. The molecular weight excluding hydrogens is 396 g/mol. The zero-order valence-electron chi connectivity index (χ0n) is 19.0. The molecular formula is C24H36N2O3S. The lowest BCUT2D eigenvalue weighted by molar-refractivity contribution is -0.127. The van der Waals surface area contributed by atoms with E-state index in [2.05, 4.69) is 26.1 Å². The fourth-order valence-electron chi connectivity index (χ4n) is 6.30. The highest BCUT2D eigenvalue weighted by atomic mass is 32.2. The number of fused-ring (bicyclic) bond motifs is 2. The molecule has 0 radical (unpaired) electrons. The Hall–Kier alpha value is -1.40. The first kappa shape index (κ1) is 21.8. The molecule has 5 nitrogen and oxygen atoms in total. The molecule has 1 N–H and O–H groups in total. The molecule has 2 saturated carbocycles. The van der Waals surface area contributed by atoms with Crippen molar-refractivity contribution in [2.45, 2.75) is 77.7 Å². The zero-order chi connectivity index (χ0) is 21.9. The van der Waals surface area contributed by atoms with Crippen molar-refractivity contribution in [3.05, 3.63) is 29.3 Å². The van der Waals surface area contributed by atoms with Gasteiger partial charge in [0.05, 0.1) is 4.90 Å². The molecule has 166 valence electrons. The summed E-state index contributed by atoms with van der Waals surface area (Å²) in [6, 6.07) is 5.70. The fraction of sp³-hybridized carbons (Fsp3) is 0.708. The summed E-state index contributed by atoms with van der Waals surface area (Å²) in [6.45, 7) is 11.7. The standard InChI is InChI=1S/C24H36N2O3S/c1-16-6-7-20(17(2)14-16)30(28,29)26-12-9-18(10-13-26)22(27)25-21-15-19-8-11-24(21,5)23(19,3)4/h6-7,14,18-19,21H,8-13,15H2,1-5H3,(H,25,27). The number of hydrogen-bond donors (Lipinski definition) is 1. The Balaban J connectivity index is 1.38. The van der Waals surface area contributed by atoms with Crippen molar-refractivity contribution in [3.8, 4) is 0 Å². The van der Waals surface area contributed by atoms with Crippen molar-refractivity contribution < 1.29 is 13.2 Å². The van der Waals surface area contributed by atoms with Gasteiger partial charge < -0.3 is 5.32 Å². The second-order valence-electron chi connectivity index (χ2n) is 10.6. The second-order valence-corrected chi connectivity index (χ2v) is 12.5. The van der Waals surface area contributed by atoms with E-state index in [1.165, 1.54) is 12.8 Å². The molecule has 3 unspecified atom stereocenters. The van der Waals surface area contributed by atoms with E-state index in [1.54, 1.807) is 10.4 Å². The van der Waals surface area contributed by atoms with Gasteiger partial charge in [0.2, 0.25) is 15.9 Å². The maximum absolute atomic E-state index is 13.1. The minimum Gasteiger partial charge on any atom is -0.353 e. The van der Waals surface area contributed by atoms with Crippen molar-refractivity contribution in [2.24, 2.45) is 22.7 Å². The number of aryl methyl sites for hydroxylation is 2. The summed E-state index contributed by atoms with van der Waals surface area (Å²) in [6.07, 6.45) is 4.71. The minimum absolute atomic E-state index is 0.0959. The van der Waals surface area contributed by atoms with E-state index in [0.717, 1.165) is 17.5 Å². The minimum atomic E-state index is -3.51. The van der Waals surface area contributed by atoms with Crippen LogP contribution in [0.3, 0.4) is 0 Å². The summed E-state index contributed by atoms with van der Waals surface area (Å²) in [4.78, 5) is 13.4. The molecule has 4 rings (SSSR count). The number of carbonyl (C=O) groups is 1. The molecule has 0 aromatic heterocycles. The molecule has 2 aliphatic carbocycles. The van der Waals surface area contributed by atoms with E-state index in [0.29, 0.717) is 36.7 Å². The zero-order valence-corrected chi connectivity index (χ0v) is 19.8. The predicted molar refractivity (Wildman–Crippen MR) is 119 cm³/mol. The smallest absolute Gasteiger partial charge is 0.243 e. The van der Waals surface area contributed by atoms with Crippen LogP contribution in [0.15, 0.2) is 23.1 Å². The van der Waals surface area contributed by atoms with Gasteiger partial charge in [-0.1, -0.05) is 38.5 Å². The van der Waals surface area contributed by atoms with Gasteiger partial charge >= 0.3 is 0 Å². The topological polar surface area (TPSA) is 66.5 Å². The van der Waals surface area contributed by atoms with E-state index < -0.39 is 10.0 Å². The van der Waals surface area contributed by atoms with Gasteiger partial charge in [0, 0.05) is 25.0 Å². The van der Waals surface area contributed by atoms with Crippen LogP contribution in [0.25, 0.3) is 0 Å². The summed E-state index contributed by atoms with van der Waals surface area (Å²) in [5, 5.41) is 3.37. The summed E-state index contributed by atoms with van der Waals surface area (Å²) < 4.78 is 27.8. The number of benzene rings is 1. The van der Waals surface area contributed by atoms with Crippen LogP contribution in [0.2, 0.25) is 0 Å². The van der Waals surface area contributed by atoms with Gasteiger partial charge in [-0.2, -0.15) is 4.31 Å². The van der Waals surface area contributed by atoms with Gasteiger partial charge in [-0.25, -0.2) is 8.42 Å². The Morgan fingerprint density at radius 3 is 2.30 bits per heavy atom. The van der Waals surface area contributed by atoms with Crippen LogP contribution >= 0.6 is 0 Å². The molecule has 1 aromatic rings. The predicted octanol–water partition coefficient (Wildman–Crippen LogP) is 4.04. The van der Waals surface area contributed by atoms with Crippen LogP contribution in [0, 0.1) is 36.5 Å².